The van der Waals surface area contributed by atoms with Gasteiger partial charge in [0.25, 0.3) is 0 Å². The van der Waals surface area contributed by atoms with Crippen LogP contribution in [-0.4, -0.2) is 21.1 Å². The van der Waals surface area contributed by atoms with Crippen molar-refractivity contribution in [1.29, 1.82) is 0 Å². The summed E-state index contributed by atoms with van der Waals surface area (Å²) in [6.45, 7) is 3.00. The average Bonchev–Trinajstić information content (AvgIpc) is 2.87. The number of aliphatic hydroxyl groups is 1. The van der Waals surface area contributed by atoms with Gasteiger partial charge in [-0.1, -0.05) is 19.1 Å². The van der Waals surface area contributed by atoms with Crippen molar-refractivity contribution in [3.8, 4) is 0 Å². The third kappa shape index (κ3) is 2.94. The first-order valence-corrected chi connectivity index (χ1v) is 7.31. The van der Waals surface area contributed by atoms with Gasteiger partial charge in [0.15, 0.2) is 0 Å². The van der Waals surface area contributed by atoms with Crippen LogP contribution in [0.15, 0.2) is 41.6 Å². The molecule has 0 saturated carbocycles. The first-order chi connectivity index (χ1) is 8.74. The molecule has 2 aromatic rings. The summed E-state index contributed by atoms with van der Waals surface area (Å²) in [5.41, 5.74) is 1.75. The Morgan fingerprint density at radius 1 is 1.28 bits per heavy atom. The van der Waals surface area contributed by atoms with E-state index in [-0.39, 0.29) is 0 Å². The highest BCUT2D eigenvalue weighted by Gasteiger charge is 2.12. The normalized spacial score (nSPS) is 12.6. The van der Waals surface area contributed by atoms with Crippen LogP contribution in [0.1, 0.15) is 30.6 Å². The smallest absolute Gasteiger partial charge is 0.107 e. The summed E-state index contributed by atoms with van der Waals surface area (Å²) in [6.07, 6.45) is 6.14. The lowest BCUT2D eigenvalue weighted by atomic mass is 10.1. The highest BCUT2D eigenvalue weighted by Crippen LogP contribution is 2.23. The summed E-state index contributed by atoms with van der Waals surface area (Å²) in [6, 6.07) is 7.99. The molecule has 96 valence electrons. The SMILES string of the molecule is CCCn1cc(C(O)c2ccc(SC)cc2)cn1. The van der Waals surface area contributed by atoms with Crippen molar-refractivity contribution in [3.63, 3.8) is 0 Å². The van der Waals surface area contributed by atoms with Gasteiger partial charge in [0, 0.05) is 23.2 Å². The Labute approximate surface area is 112 Å². The van der Waals surface area contributed by atoms with Crippen molar-refractivity contribution >= 4 is 11.8 Å². The topological polar surface area (TPSA) is 38.0 Å². The molecule has 0 spiro atoms. The fourth-order valence-corrected chi connectivity index (χ4v) is 2.26. The first-order valence-electron chi connectivity index (χ1n) is 6.09. The zero-order chi connectivity index (χ0) is 13.0. The molecule has 1 unspecified atom stereocenters. The van der Waals surface area contributed by atoms with Crippen LogP contribution >= 0.6 is 11.8 Å². The minimum Gasteiger partial charge on any atom is -0.384 e. The zero-order valence-corrected chi connectivity index (χ0v) is 11.5. The zero-order valence-electron chi connectivity index (χ0n) is 10.7. The largest absolute Gasteiger partial charge is 0.384 e. The van der Waals surface area contributed by atoms with Crippen LogP contribution in [0.5, 0.6) is 0 Å². The second-order valence-corrected chi connectivity index (χ2v) is 5.09. The summed E-state index contributed by atoms with van der Waals surface area (Å²) >= 11 is 1.70. The van der Waals surface area contributed by atoms with Crippen molar-refractivity contribution in [2.45, 2.75) is 30.9 Å². The fourth-order valence-electron chi connectivity index (χ4n) is 1.85. The lowest BCUT2D eigenvalue weighted by Crippen LogP contribution is -1.99. The minimum atomic E-state index is -0.591. The lowest BCUT2D eigenvalue weighted by Gasteiger charge is -2.09. The molecule has 0 aliphatic rings. The fraction of sp³-hybridized carbons (Fsp3) is 0.357. The Morgan fingerprint density at radius 3 is 2.61 bits per heavy atom. The van der Waals surface area contributed by atoms with Gasteiger partial charge >= 0.3 is 0 Å². The number of hydrogen-bond acceptors (Lipinski definition) is 3. The molecule has 0 amide bonds. The first kappa shape index (κ1) is 13.2. The molecule has 1 aromatic carbocycles. The van der Waals surface area contributed by atoms with Gasteiger partial charge in [0.2, 0.25) is 0 Å². The molecule has 0 aliphatic carbocycles. The van der Waals surface area contributed by atoms with Crippen molar-refractivity contribution < 1.29 is 5.11 Å². The number of hydrogen-bond donors (Lipinski definition) is 1. The highest BCUT2D eigenvalue weighted by molar-refractivity contribution is 7.98. The van der Waals surface area contributed by atoms with Crippen molar-refractivity contribution in [2.24, 2.45) is 0 Å². The van der Waals surface area contributed by atoms with Crippen molar-refractivity contribution in [3.05, 3.63) is 47.8 Å². The van der Waals surface area contributed by atoms with Crippen LogP contribution in [0.2, 0.25) is 0 Å². The molecule has 0 aliphatic heterocycles. The van der Waals surface area contributed by atoms with Crippen LogP contribution in [0, 0.1) is 0 Å². The maximum absolute atomic E-state index is 10.3. The molecule has 4 heteroatoms. The molecule has 1 N–H and O–H groups in total. The molecule has 1 heterocycles. The maximum atomic E-state index is 10.3. The summed E-state index contributed by atoms with van der Waals surface area (Å²) < 4.78 is 1.87. The summed E-state index contributed by atoms with van der Waals surface area (Å²) in [5, 5.41) is 14.5. The van der Waals surface area contributed by atoms with E-state index in [1.165, 1.54) is 4.90 Å². The van der Waals surface area contributed by atoms with E-state index >= 15 is 0 Å². The molecule has 2 rings (SSSR count). The van der Waals surface area contributed by atoms with E-state index in [4.69, 9.17) is 0 Å². The number of aliphatic hydroxyl groups excluding tert-OH is 1. The molecule has 1 aromatic heterocycles. The van der Waals surface area contributed by atoms with Gasteiger partial charge in [-0.15, -0.1) is 11.8 Å². The average molecular weight is 262 g/mol. The van der Waals surface area contributed by atoms with Gasteiger partial charge in [-0.2, -0.15) is 5.10 Å². The van der Waals surface area contributed by atoms with E-state index in [1.807, 2.05) is 41.4 Å². The minimum absolute atomic E-state index is 0.591. The number of nitrogens with zero attached hydrogens (tertiary/aromatic N) is 2. The van der Waals surface area contributed by atoms with Crippen LogP contribution in [0.3, 0.4) is 0 Å². The van der Waals surface area contributed by atoms with Gasteiger partial charge in [0.05, 0.1) is 6.20 Å². The standard InChI is InChI=1S/C14H18N2OS/c1-3-8-16-10-12(9-15-16)14(17)11-4-6-13(18-2)7-5-11/h4-7,9-10,14,17H,3,8H2,1-2H3. The molecule has 18 heavy (non-hydrogen) atoms. The Hall–Kier alpha value is -1.26. The van der Waals surface area contributed by atoms with Crippen LogP contribution in [-0.2, 0) is 6.54 Å². The number of aromatic nitrogens is 2. The number of rotatable bonds is 5. The number of aryl methyl sites for hydroxylation is 1. The third-order valence-electron chi connectivity index (χ3n) is 2.85. The quantitative estimate of drug-likeness (QED) is 0.841. The third-order valence-corrected chi connectivity index (χ3v) is 3.60. The van der Waals surface area contributed by atoms with E-state index in [9.17, 15) is 5.11 Å². The molecular weight excluding hydrogens is 244 g/mol. The molecule has 3 nitrogen and oxygen atoms in total. The van der Waals surface area contributed by atoms with Gasteiger partial charge in [-0.05, 0) is 30.4 Å². The van der Waals surface area contributed by atoms with Gasteiger partial charge in [-0.25, -0.2) is 0 Å². The van der Waals surface area contributed by atoms with E-state index in [0.29, 0.717) is 0 Å². The maximum Gasteiger partial charge on any atom is 0.107 e. The molecule has 0 saturated heterocycles. The van der Waals surface area contributed by atoms with Gasteiger partial charge in [-0.3, -0.25) is 4.68 Å². The Morgan fingerprint density at radius 2 is 2.00 bits per heavy atom. The second kappa shape index (κ2) is 6.07. The predicted molar refractivity (Wildman–Crippen MR) is 74.8 cm³/mol. The molecular formula is C14H18N2OS. The second-order valence-electron chi connectivity index (χ2n) is 4.21. The monoisotopic (exact) mass is 262 g/mol. The molecule has 1 atom stereocenters. The highest BCUT2D eigenvalue weighted by atomic mass is 32.2. The van der Waals surface area contributed by atoms with E-state index in [0.717, 1.165) is 24.1 Å². The van der Waals surface area contributed by atoms with Crippen molar-refractivity contribution in [1.82, 2.24) is 9.78 Å². The van der Waals surface area contributed by atoms with E-state index in [1.54, 1.807) is 18.0 Å². The molecule has 0 fully saturated rings. The summed E-state index contributed by atoms with van der Waals surface area (Å²) in [7, 11) is 0. The van der Waals surface area contributed by atoms with Crippen molar-refractivity contribution in [2.75, 3.05) is 6.26 Å². The lowest BCUT2D eigenvalue weighted by molar-refractivity contribution is 0.220. The Balaban J connectivity index is 2.15. The number of thioether (sulfide) groups is 1. The van der Waals surface area contributed by atoms with Crippen LogP contribution in [0.25, 0.3) is 0 Å². The summed E-state index contributed by atoms with van der Waals surface area (Å²) in [4.78, 5) is 1.20. The summed E-state index contributed by atoms with van der Waals surface area (Å²) in [5.74, 6) is 0. The Bertz CT molecular complexity index is 493. The predicted octanol–water partition coefficient (Wildman–Crippen LogP) is 3.10. The molecule has 0 radical (unpaired) electrons. The van der Waals surface area contributed by atoms with Gasteiger partial charge in [0.1, 0.15) is 6.10 Å². The van der Waals surface area contributed by atoms with E-state index < -0.39 is 6.10 Å². The molecule has 0 bridgehead atoms. The number of benzene rings is 1. The van der Waals surface area contributed by atoms with Gasteiger partial charge < -0.3 is 5.11 Å². The Kier molecular flexibility index (Phi) is 4.44. The van der Waals surface area contributed by atoms with Crippen LogP contribution < -0.4 is 0 Å². The van der Waals surface area contributed by atoms with Crippen LogP contribution in [0.4, 0.5) is 0 Å². The van der Waals surface area contributed by atoms with E-state index in [2.05, 4.69) is 12.0 Å².